The molecule has 0 aliphatic rings. The minimum absolute atomic E-state index is 0.137. The molecule has 1 amide bonds. The van der Waals surface area contributed by atoms with Crippen molar-refractivity contribution in [2.75, 3.05) is 6.61 Å². The van der Waals surface area contributed by atoms with Gasteiger partial charge >= 0.3 is 11.9 Å². The summed E-state index contributed by atoms with van der Waals surface area (Å²) in [7, 11) is 0. The summed E-state index contributed by atoms with van der Waals surface area (Å²) in [6.45, 7) is 7.09. The zero-order chi connectivity index (χ0) is 20.0. The highest BCUT2D eigenvalue weighted by molar-refractivity contribution is 5.99. The number of esters is 2. The summed E-state index contributed by atoms with van der Waals surface area (Å²) >= 11 is 0. The average Bonchev–Trinajstić information content (AvgIpc) is 2.95. The first-order valence-electron chi connectivity index (χ1n) is 8.74. The summed E-state index contributed by atoms with van der Waals surface area (Å²) in [5.74, 6) is -1.61. The second kappa shape index (κ2) is 9.02. The van der Waals surface area contributed by atoms with Gasteiger partial charge in [0.2, 0.25) is 0 Å². The van der Waals surface area contributed by atoms with Crippen LogP contribution in [0.3, 0.4) is 0 Å². The molecule has 1 heterocycles. The van der Waals surface area contributed by atoms with Crippen molar-refractivity contribution in [3.8, 4) is 0 Å². The molecule has 0 aliphatic carbocycles. The zero-order valence-corrected chi connectivity index (χ0v) is 15.9. The van der Waals surface area contributed by atoms with Gasteiger partial charge in [0.15, 0.2) is 6.10 Å². The third-order valence-electron chi connectivity index (χ3n) is 4.08. The van der Waals surface area contributed by atoms with Gasteiger partial charge in [-0.25, -0.2) is 9.59 Å². The van der Waals surface area contributed by atoms with Gasteiger partial charge in [0.1, 0.15) is 5.69 Å². The Morgan fingerprint density at radius 2 is 1.78 bits per heavy atom. The van der Waals surface area contributed by atoms with E-state index in [2.05, 4.69) is 10.3 Å². The van der Waals surface area contributed by atoms with Crippen molar-refractivity contribution in [1.29, 1.82) is 0 Å². The lowest BCUT2D eigenvalue weighted by Gasteiger charge is -2.13. The number of carbonyl (C=O) groups excluding carboxylic acids is 3. The Morgan fingerprint density at radius 3 is 2.41 bits per heavy atom. The van der Waals surface area contributed by atoms with Crippen LogP contribution in [0.2, 0.25) is 0 Å². The minimum Gasteiger partial charge on any atom is -0.462 e. The second-order valence-corrected chi connectivity index (χ2v) is 6.10. The van der Waals surface area contributed by atoms with E-state index in [1.165, 1.54) is 6.92 Å². The van der Waals surface area contributed by atoms with E-state index >= 15 is 0 Å². The Hall–Kier alpha value is -3.09. The molecule has 7 heteroatoms. The first-order valence-corrected chi connectivity index (χ1v) is 8.74. The predicted molar refractivity (Wildman–Crippen MR) is 99.4 cm³/mol. The normalized spacial score (nSPS) is 11.6. The molecule has 0 saturated heterocycles. The minimum atomic E-state index is -0.977. The van der Waals surface area contributed by atoms with E-state index in [0.29, 0.717) is 23.4 Å². The monoisotopic (exact) mass is 372 g/mol. The van der Waals surface area contributed by atoms with E-state index in [1.807, 2.05) is 30.3 Å². The molecule has 0 saturated carbocycles. The Balaban J connectivity index is 2.00. The maximum atomic E-state index is 12.4. The van der Waals surface area contributed by atoms with Crippen LogP contribution in [0.15, 0.2) is 30.3 Å². The molecular weight excluding hydrogens is 348 g/mol. The highest BCUT2D eigenvalue weighted by atomic mass is 16.5. The Kier molecular flexibility index (Phi) is 6.76. The molecule has 0 unspecified atom stereocenters. The third-order valence-corrected chi connectivity index (χ3v) is 4.08. The molecule has 2 rings (SSSR count). The number of H-pyrrole nitrogens is 1. The van der Waals surface area contributed by atoms with E-state index in [1.54, 1.807) is 20.8 Å². The number of ether oxygens (including phenoxy) is 2. The first-order chi connectivity index (χ1) is 12.8. The standard InChI is InChI=1S/C20H24N2O5/c1-5-26-19(24)16-12(2)17(22-13(16)3)20(25)27-14(4)18(23)21-11-15-9-7-6-8-10-15/h6-10,14,22H,5,11H2,1-4H3,(H,21,23)/t14-/m0/s1. The number of carbonyl (C=O) groups is 3. The summed E-state index contributed by atoms with van der Waals surface area (Å²) in [5, 5.41) is 2.72. The molecule has 0 radical (unpaired) electrons. The zero-order valence-electron chi connectivity index (χ0n) is 15.9. The lowest BCUT2D eigenvalue weighted by atomic mass is 10.1. The molecule has 0 aliphatic heterocycles. The van der Waals surface area contributed by atoms with Crippen molar-refractivity contribution in [1.82, 2.24) is 10.3 Å². The van der Waals surface area contributed by atoms with Crippen LogP contribution >= 0.6 is 0 Å². The molecule has 2 N–H and O–H groups in total. The van der Waals surface area contributed by atoms with Crippen molar-refractivity contribution in [3.63, 3.8) is 0 Å². The number of aryl methyl sites for hydroxylation is 1. The number of nitrogens with one attached hydrogen (secondary N) is 2. The number of rotatable bonds is 7. The number of hydrogen-bond donors (Lipinski definition) is 2. The summed E-state index contributed by atoms with van der Waals surface area (Å²) in [6.07, 6.45) is -0.977. The Labute approximate surface area is 158 Å². The SMILES string of the molecule is CCOC(=O)c1c(C)[nH]c(C(=O)O[C@@H](C)C(=O)NCc2ccccc2)c1C. The lowest BCUT2D eigenvalue weighted by Crippen LogP contribution is -2.35. The smallest absolute Gasteiger partial charge is 0.355 e. The van der Waals surface area contributed by atoms with Crippen LogP contribution in [0.5, 0.6) is 0 Å². The van der Waals surface area contributed by atoms with E-state index in [-0.39, 0.29) is 12.3 Å². The molecule has 1 aromatic heterocycles. The molecular formula is C20H24N2O5. The maximum absolute atomic E-state index is 12.4. The summed E-state index contributed by atoms with van der Waals surface area (Å²) in [5.41, 5.74) is 2.34. The molecule has 27 heavy (non-hydrogen) atoms. The number of benzene rings is 1. The fourth-order valence-electron chi connectivity index (χ4n) is 2.67. The van der Waals surface area contributed by atoms with Gasteiger partial charge in [-0.3, -0.25) is 4.79 Å². The highest BCUT2D eigenvalue weighted by Crippen LogP contribution is 2.20. The number of amides is 1. The van der Waals surface area contributed by atoms with Crippen molar-refractivity contribution in [2.24, 2.45) is 0 Å². The first kappa shape index (κ1) is 20.2. The van der Waals surface area contributed by atoms with Crippen LogP contribution in [0.25, 0.3) is 0 Å². The van der Waals surface area contributed by atoms with Crippen LogP contribution < -0.4 is 5.32 Å². The Bertz CT molecular complexity index is 826. The summed E-state index contributed by atoms with van der Waals surface area (Å²) in [4.78, 5) is 39.4. The number of hydrogen-bond acceptors (Lipinski definition) is 5. The van der Waals surface area contributed by atoms with Crippen molar-refractivity contribution in [3.05, 3.63) is 58.4 Å². The fourth-order valence-corrected chi connectivity index (χ4v) is 2.67. The van der Waals surface area contributed by atoms with Gasteiger partial charge in [-0.15, -0.1) is 0 Å². The Morgan fingerprint density at radius 1 is 1.11 bits per heavy atom. The topological polar surface area (TPSA) is 97.5 Å². The summed E-state index contributed by atoms with van der Waals surface area (Å²) < 4.78 is 10.2. The van der Waals surface area contributed by atoms with E-state index in [9.17, 15) is 14.4 Å². The second-order valence-electron chi connectivity index (χ2n) is 6.10. The molecule has 0 spiro atoms. The van der Waals surface area contributed by atoms with E-state index in [4.69, 9.17) is 9.47 Å². The number of aromatic nitrogens is 1. The largest absolute Gasteiger partial charge is 0.462 e. The van der Waals surface area contributed by atoms with Crippen molar-refractivity contribution >= 4 is 17.8 Å². The van der Waals surface area contributed by atoms with Crippen molar-refractivity contribution in [2.45, 2.75) is 40.3 Å². The molecule has 2 aromatic rings. The van der Waals surface area contributed by atoms with Crippen LogP contribution in [0, 0.1) is 13.8 Å². The van der Waals surface area contributed by atoms with Gasteiger partial charge in [-0.05, 0) is 38.8 Å². The van der Waals surface area contributed by atoms with Gasteiger partial charge in [0.05, 0.1) is 12.2 Å². The molecule has 144 valence electrons. The highest BCUT2D eigenvalue weighted by Gasteiger charge is 2.26. The van der Waals surface area contributed by atoms with Gasteiger partial charge in [0.25, 0.3) is 5.91 Å². The predicted octanol–water partition coefficient (Wildman–Crippen LogP) is 2.67. The van der Waals surface area contributed by atoms with Gasteiger partial charge in [-0.1, -0.05) is 30.3 Å². The fraction of sp³-hybridized carbons (Fsp3) is 0.350. The molecule has 1 aromatic carbocycles. The number of aromatic amines is 1. The summed E-state index contributed by atoms with van der Waals surface area (Å²) in [6, 6.07) is 9.42. The molecule has 0 bridgehead atoms. The van der Waals surface area contributed by atoms with Gasteiger partial charge < -0.3 is 19.8 Å². The average molecular weight is 372 g/mol. The van der Waals surface area contributed by atoms with Gasteiger partial charge in [-0.2, -0.15) is 0 Å². The van der Waals surface area contributed by atoms with E-state index in [0.717, 1.165) is 5.56 Å². The van der Waals surface area contributed by atoms with Crippen LogP contribution in [0.4, 0.5) is 0 Å². The maximum Gasteiger partial charge on any atom is 0.355 e. The van der Waals surface area contributed by atoms with Crippen molar-refractivity contribution < 1.29 is 23.9 Å². The van der Waals surface area contributed by atoms with Crippen LogP contribution in [-0.4, -0.2) is 35.5 Å². The molecule has 1 atom stereocenters. The third kappa shape index (κ3) is 4.97. The lowest BCUT2D eigenvalue weighted by molar-refractivity contribution is -0.129. The van der Waals surface area contributed by atoms with Crippen LogP contribution in [-0.2, 0) is 20.8 Å². The molecule has 7 nitrogen and oxygen atoms in total. The van der Waals surface area contributed by atoms with Gasteiger partial charge in [0, 0.05) is 12.2 Å². The quantitative estimate of drug-likeness (QED) is 0.728. The van der Waals surface area contributed by atoms with Crippen LogP contribution in [0.1, 0.15) is 51.5 Å². The van der Waals surface area contributed by atoms with E-state index < -0.39 is 23.9 Å². The molecule has 0 fully saturated rings.